The van der Waals surface area contributed by atoms with E-state index in [4.69, 9.17) is 0 Å². The SMILES string of the molecule is CC(C)(C)C1=CC(=CN=Nc2ccc(-c3ccc(N=NC=C4C=C(C(C)(C)C)C(=O)C(C(C)(C)C)=C4)cc3O)c(O)c2)C=C(C(C)(C)C)C1=O. The van der Waals surface area contributed by atoms with Crippen LogP contribution in [0.1, 0.15) is 83.1 Å². The summed E-state index contributed by atoms with van der Waals surface area (Å²) < 4.78 is 0. The zero-order valence-electron chi connectivity index (χ0n) is 31.4. The Kier molecular flexibility index (Phi) is 10.4. The summed E-state index contributed by atoms with van der Waals surface area (Å²) in [5.74, 6) is -0.0554. The number of hydrogen-bond donors (Lipinski definition) is 2. The molecule has 2 aliphatic carbocycles. The fraction of sp³-hybridized carbons (Fsp3) is 0.381. The standard InChI is InChI=1S/C42H50N4O4/c1-39(2,3)31-17-25(18-32(37(31)49)40(4,5)6)23-43-45-27-13-15-29(35(47)21-27)30-16-14-28(22-36(30)48)46-44-24-26-19-33(41(7,8)9)38(50)34(20-26)42(10,11)12/h13-24,47-48H,1-12H3. The number of Topliss-reactive ketones (excluding diaryl/α,β-unsaturated/α-hetero) is 2. The fourth-order valence-corrected chi connectivity index (χ4v) is 5.62. The van der Waals surface area contributed by atoms with Gasteiger partial charge in [-0.2, -0.15) is 20.5 Å². The Balaban J connectivity index is 1.55. The molecule has 0 bridgehead atoms. The average Bonchev–Trinajstić information content (AvgIpc) is 2.97. The van der Waals surface area contributed by atoms with Crippen LogP contribution in [0.5, 0.6) is 11.5 Å². The highest BCUT2D eigenvalue weighted by molar-refractivity contribution is 6.12. The van der Waals surface area contributed by atoms with Crippen molar-refractivity contribution in [3.8, 4) is 22.6 Å². The number of azo groups is 2. The molecule has 0 radical (unpaired) electrons. The molecule has 8 heteroatoms. The van der Waals surface area contributed by atoms with Crippen LogP contribution in [0.3, 0.4) is 0 Å². The number of carbonyl (C=O) groups is 2. The van der Waals surface area contributed by atoms with E-state index in [2.05, 4.69) is 20.5 Å². The van der Waals surface area contributed by atoms with Crippen molar-refractivity contribution in [2.24, 2.45) is 42.1 Å². The first kappa shape index (κ1) is 37.8. The van der Waals surface area contributed by atoms with Gasteiger partial charge in [-0.3, -0.25) is 9.59 Å². The molecule has 8 nitrogen and oxygen atoms in total. The van der Waals surface area contributed by atoms with Crippen LogP contribution in [0.4, 0.5) is 11.4 Å². The van der Waals surface area contributed by atoms with Gasteiger partial charge < -0.3 is 10.2 Å². The van der Waals surface area contributed by atoms with E-state index in [-0.39, 0.29) is 44.7 Å². The molecule has 262 valence electrons. The first-order chi connectivity index (χ1) is 23.0. The van der Waals surface area contributed by atoms with Crippen molar-refractivity contribution in [1.29, 1.82) is 0 Å². The van der Waals surface area contributed by atoms with Crippen molar-refractivity contribution in [2.75, 3.05) is 0 Å². The molecule has 0 atom stereocenters. The molecule has 0 heterocycles. The molecule has 4 rings (SSSR count). The third-order valence-corrected chi connectivity index (χ3v) is 8.47. The van der Waals surface area contributed by atoms with Crippen molar-refractivity contribution in [1.82, 2.24) is 0 Å². The molecule has 0 aromatic heterocycles. The number of rotatable bonds is 5. The van der Waals surface area contributed by atoms with E-state index in [1.807, 2.05) is 107 Å². The molecular weight excluding hydrogens is 624 g/mol. The van der Waals surface area contributed by atoms with Gasteiger partial charge in [0.15, 0.2) is 11.6 Å². The Hall–Kier alpha value is -4.98. The van der Waals surface area contributed by atoms with Crippen molar-refractivity contribution >= 4 is 22.9 Å². The quantitative estimate of drug-likeness (QED) is 0.306. The maximum absolute atomic E-state index is 13.2. The van der Waals surface area contributed by atoms with Gasteiger partial charge in [-0.15, -0.1) is 0 Å². The average molecular weight is 675 g/mol. The minimum Gasteiger partial charge on any atom is -0.507 e. The maximum Gasteiger partial charge on any atom is 0.186 e. The Labute approximate surface area is 296 Å². The summed E-state index contributed by atoms with van der Waals surface area (Å²) in [6.45, 7) is 24.2. The van der Waals surface area contributed by atoms with Gasteiger partial charge in [-0.25, -0.2) is 0 Å². The van der Waals surface area contributed by atoms with Gasteiger partial charge in [-0.1, -0.05) is 83.1 Å². The van der Waals surface area contributed by atoms with Crippen LogP contribution in [0.15, 0.2) is 127 Å². The Bertz CT molecular complexity index is 1750. The molecule has 0 spiro atoms. The van der Waals surface area contributed by atoms with Gasteiger partial charge in [0, 0.05) is 45.6 Å². The summed E-state index contributed by atoms with van der Waals surface area (Å²) >= 11 is 0. The number of benzene rings is 2. The highest BCUT2D eigenvalue weighted by atomic mass is 16.3. The van der Waals surface area contributed by atoms with Gasteiger partial charge >= 0.3 is 0 Å². The maximum atomic E-state index is 13.2. The fourth-order valence-electron chi connectivity index (χ4n) is 5.62. The Morgan fingerprint density at radius 1 is 0.480 bits per heavy atom. The molecule has 2 N–H and O–H groups in total. The lowest BCUT2D eigenvalue weighted by molar-refractivity contribution is -0.114. The lowest BCUT2D eigenvalue weighted by Gasteiger charge is -2.31. The normalized spacial score (nSPS) is 16.5. The summed E-state index contributed by atoms with van der Waals surface area (Å²) in [6, 6.07) is 9.66. The van der Waals surface area contributed by atoms with E-state index in [9.17, 15) is 19.8 Å². The smallest absolute Gasteiger partial charge is 0.186 e. The number of ketones is 2. The molecular formula is C42H50N4O4. The van der Waals surface area contributed by atoms with E-state index >= 15 is 0 Å². The Morgan fingerprint density at radius 3 is 1.00 bits per heavy atom. The summed E-state index contributed by atoms with van der Waals surface area (Å²) in [7, 11) is 0. The van der Waals surface area contributed by atoms with Gasteiger partial charge in [0.2, 0.25) is 0 Å². The van der Waals surface area contributed by atoms with Crippen LogP contribution in [0.2, 0.25) is 0 Å². The number of allylic oxidation sites excluding steroid dienone is 10. The van der Waals surface area contributed by atoms with Gasteiger partial charge in [-0.05, 0) is 81.4 Å². The number of carbonyl (C=O) groups excluding carboxylic acids is 2. The van der Waals surface area contributed by atoms with Crippen molar-refractivity contribution in [2.45, 2.75) is 83.1 Å². The number of nitrogens with zero attached hydrogens (tertiary/aromatic N) is 4. The highest BCUT2D eigenvalue weighted by Crippen LogP contribution is 2.42. The van der Waals surface area contributed by atoms with E-state index in [1.54, 1.807) is 36.7 Å². The second-order valence-corrected chi connectivity index (χ2v) is 17.0. The molecule has 2 aromatic rings. The zero-order chi connectivity index (χ0) is 37.4. The molecule has 0 aliphatic heterocycles. The van der Waals surface area contributed by atoms with Crippen LogP contribution >= 0.6 is 0 Å². The summed E-state index contributed by atoms with van der Waals surface area (Å²) in [5, 5.41) is 38.7. The lowest BCUT2D eigenvalue weighted by Crippen LogP contribution is -2.27. The molecule has 0 fully saturated rings. The van der Waals surface area contributed by atoms with E-state index < -0.39 is 0 Å². The largest absolute Gasteiger partial charge is 0.507 e. The molecule has 2 aromatic carbocycles. The topological polar surface area (TPSA) is 124 Å². The predicted octanol–water partition coefficient (Wildman–Crippen LogP) is 11.8. The van der Waals surface area contributed by atoms with Crippen LogP contribution in [-0.4, -0.2) is 21.8 Å². The minimum atomic E-state index is -0.330. The molecule has 0 unspecified atom stereocenters. The minimum absolute atomic E-state index is 0.0498. The van der Waals surface area contributed by atoms with E-state index in [0.29, 0.717) is 22.5 Å². The summed E-state index contributed by atoms with van der Waals surface area (Å²) in [4.78, 5) is 26.4. The van der Waals surface area contributed by atoms with Gasteiger partial charge in [0.05, 0.1) is 23.8 Å². The predicted molar refractivity (Wildman–Crippen MR) is 201 cm³/mol. The Morgan fingerprint density at radius 2 is 0.760 bits per heavy atom. The molecule has 0 saturated heterocycles. The van der Waals surface area contributed by atoms with Crippen LogP contribution in [0, 0.1) is 21.7 Å². The van der Waals surface area contributed by atoms with E-state index in [0.717, 1.165) is 33.4 Å². The van der Waals surface area contributed by atoms with Crippen molar-refractivity contribution in [3.63, 3.8) is 0 Å². The van der Waals surface area contributed by atoms with E-state index in [1.165, 1.54) is 12.1 Å². The second kappa shape index (κ2) is 13.7. The molecule has 50 heavy (non-hydrogen) atoms. The second-order valence-electron chi connectivity index (χ2n) is 17.0. The lowest BCUT2D eigenvalue weighted by atomic mass is 9.72. The van der Waals surface area contributed by atoms with Crippen LogP contribution in [0.25, 0.3) is 11.1 Å². The van der Waals surface area contributed by atoms with Crippen molar-refractivity contribution < 1.29 is 19.8 Å². The molecule has 2 aliphatic rings. The zero-order valence-corrected chi connectivity index (χ0v) is 31.4. The molecule has 0 saturated carbocycles. The number of phenols is 2. The molecule has 0 amide bonds. The first-order valence-electron chi connectivity index (χ1n) is 16.8. The first-order valence-corrected chi connectivity index (χ1v) is 16.8. The highest BCUT2D eigenvalue weighted by Gasteiger charge is 2.35. The summed E-state index contributed by atoms with van der Waals surface area (Å²) in [6.07, 6.45) is 10.7. The van der Waals surface area contributed by atoms with Crippen LogP contribution < -0.4 is 0 Å². The summed E-state index contributed by atoms with van der Waals surface area (Å²) in [5.41, 5.74) is 4.78. The van der Waals surface area contributed by atoms with Crippen molar-refractivity contribution in [3.05, 3.63) is 107 Å². The number of aromatic hydroxyl groups is 2. The number of phenolic OH excluding ortho intramolecular Hbond substituents is 2. The van der Waals surface area contributed by atoms with Gasteiger partial charge in [0.25, 0.3) is 0 Å². The third-order valence-electron chi connectivity index (χ3n) is 8.47. The third kappa shape index (κ3) is 8.78. The van der Waals surface area contributed by atoms with Crippen LogP contribution in [-0.2, 0) is 9.59 Å². The monoisotopic (exact) mass is 674 g/mol. The van der Waals surface area contributed by atoms with Gasteiger partial charge in [0.1, 0.15) is 11.5 Å². The number of hydrogen-bond acceptors (Lipinski definition) is 8.